The van der Waals surface area contributed by atoms with Crippen molar-refractivity contribution in [1.29, 1.82) is 0 Å². The van der Waals surface area contributed by atoms with Crippen LogP contribution < -0.4 is 0 Å². The molecule has 0 radical (unpaired) electrons. The highest BCUT2D eigenvalue weighted by molar-refractivity contribution is 7.26. The second-order valence-corrected chi connectivity index (χ2v) is 15.5. The summed E-state index contributed by atoms with van der Waals surface area (Å²) in [6.45, 7) is 4.80. The van der Waals surface area contributed by atoms with Crippen molar-refractivity contribution in [1.82, 2.24) is 0 Å². The van der Waals surface area contributed by atoms with Gasteiger partial charge in [0.25, 0.3) is 0 Å². The van der Waals surface area contributed by atoms with Crippen LogP contribution in [0.1, 0.15) is 25.0 Å². The largest absolute Gasteiger partial charge is 0.135 e. The molecule has 0 saturated heterocycles. The van der Waals surface area contributed by atoms with Gasteiger partial charge in [-0.05, 0) is 112 Å². The van der Waals surface area contributed by atoms with Gasteiger partial charge in [-0.3, -0.25) is 0 Å². The first-order chi connectivity index (χ1) is 24.6. The molecule has 0 spiro atoms. The molecule has 0 aliphatic heterocycles. The highest BCUT2D eigenvalue weighted by Crippen LogP contribution is 2.53. The van der Waals surface area contributed by atoms with E-state index in [2.05, 4.69) is 172 Å². The van der Waals surface area contributed by atoms with Crippen molar-refractivity contribution >= 4 is 74.6 Å². The van der Waals surface area contributed by atoms with Crippen LogP contribution in [0.4, 0.5) is 0 Å². The normalized spacial score (nSPS) is 13.6. The molecule has 0 nitrogen and oxygen atoms in total. The molecule has 50 heavy (non-hydrogen) atoms. The van der Waals surface area contributed by atoms with Crippen molar-refractivity contribution in [2.75, 3.05) is 0 Å². The lowest BCUT2D eigenvalue weighted by molar-refractivity contribution is 0.661. The van der Waals surface area contributed by atoms with Crippen LogP contribution in [0.3, 0.4) is 0 Å². The first kappa shape index (κ1) is 28.1. The Balaban J connectivity index is 1.17. The summed E-state index contributed by atoms with van der Waals surface area (Å²) in [6.07, 6.45) is 0. The van der Waals surface area contributed by atoms with Crippen molar-refractivity contribution in [3.05, 3.63) is 169 Å². The Morgan fingerprint density at radius 1 is 0.380 bits per heavy atom. The number of rotatable bonds is 2. The summed E-state index contributed by atoms with van der Waals surface area (Å²) < 4.78 is 2.75. The van der Waals surface area contributed by atoms with Gasteiger partial charge in [0.2, 0.25) is 0 Å². The van der Waals surface area contributed by atoms with Gasteiger partial charge in [0, 0.05) is 25.6 Å². The molecule has 9 aromatic carbocycles. The Bertz CT molecular complexity index is 3000. The van der Waals surface area contributed by atoms with E-state index in [-0.39, 0.29) is 5.41 Å². The third-order valence-corrected chi connectivity index (χ3v) is 12.7. The van der Waals surface area contributed by atoms with Crippen LogP contribution in [0.2, 0.25) is 0 Å². The van der Waals surface area contributed by atoms with Crippen LogP contribution in [-0.2, 0) is 5.41 Å². The average Bonchev–Trinajstić information content (AvgIpc) is 3.64. The molecular formula is C49H32S. The minimum atomic E-state index is -0.0986. The summed E-state index contributed by atoms with van der Waals surface area (Å²) in [4.78, 5) is 0. The Hall–Kier alpha value is -5.76. The second kappa shape index (κ2) is 10.1. The van der Waals surface area contributed by atoms with Crippen molar-refractivity contribution in [2.45, 2.75) is 19.3 Å². The van der Waals surface area contributed by atoms with E-state index in [0.717, 1.165) is 0 Å². The van der Waals surface area contributed by atoms with E-state index >= 15 is 0 Å². The van der Waals surface area contributed by atoms with E-state index in [9.17, 15) is 0 Å². The van der Waals surface area contributed by atoms with E-state index in [0.29, 0.717) is 0 Å². The van der Waals surface area contributed by atoms with Gasteiger partial charge in [-0.25, -0.2) is 0 Å². The van der Waals surface area contributed by atoms with E-state index in [4.69, 9.17) is 0 Å². The first-order valence-corrected chi connectivity index (χ1v) is 18.3. The molecule has 234 valence electrons. The SMILES string of the molecule is CC1(C)c2ccc(-c3c4ccccc4c(-c4cccc5ccccc45)c4ccccc34)cc2-c2cc3ccc4c5ccccc5sc4c3cc21. The molecular weight excluding hydrogens is 621 g/mol. The van der Waals surface area contributed by atoms with Gasteiger partial charge in [-0.15, -0.1) is 11.3 Å². The third kappa shape index (κ3) is 3.76. The Morgan fingerprint density at radius 3 is 1.76 bits per heavy atom. The maximum atomic E-state index is 2.51. The summed E-state index contributed by atoms with van der Waals surface area (Å²) in [6, 6.07) is 59.2. The lowest BCUT2D eigenvalue weighted by Crippen LogP contribution is -2.14. The average molecular weight is 653 g/mol. The molecule has 0 unspecified atom stereocenters. The van der Waals surface area contributed by atoms with Crippen molar-refractivity contribution in [3.63, 3.8) is 0 Å². The number of thiophene rings is 1. The summed E-state index contributed by atoms with van der Waals surface area (Å²) in [5.41, 5.74) is 10.6. The predicted octanol–water partition coefficient (Wildman–Crippen LogP) is 14.3. The topological polar surface area (TPSA) is 0 Å². The molecule has 1 aliphatic rings. The zero-order valence-electron chi connectivity index (χ0n) is 27.9. The van der Waals surface area contributed by atoms with Crippen molar-refractivity contribution in [3.8, 4) is 33.4 Å². The van der Waals surface area contributed by atoms with Crippen LogP contribution in [0.15, 0.2) is 158 Å². The summed E-state index contributed by atoms with van der Waals surface area (Å²) in [7, 11) is 0. The molecule has 0 N–H and O–H groups in total. The fourth-order valence-corrected chi connectivity index (χ4v) is 10.3. The molecule has 11 rings (SSSR count). The number of hydrogen-bond acceptors (Lipinski definition) is 1. The van der Waals surface area contributed by atoms with Crippen molar-refractivity contribution in [2.24, 2.45) is 0 Å². The number of fused-ring (bicyclic) bond motifs is 11. The molecule has 1 aliphatic carbocycles. The molecule has 1 heterocycles. The van der Waals surface area contributed by atoms with Crippen molar-refractivity contribution < 1.29 is 0 Å². The monoisotopic (exact) mass is 652 g/mol. The summed E-state index contributed by atoms with van der Waals surface area (Å²) in [5, 5.41) is 13.1. The van der Waals surface area contributed by atoms with Gasteiger partial charge in [0.15, 0.2) is 0 Å². The molecule has 10 aromatic rings. The molecule has 0 atom stereocenters. The first-order valence-electron chi connectivity index (χ1n) is 17.5. The minimum absolute atomic E-state index is 0.0986. The summed E-state index contributed by atoms with van der Waals surface area (Å²) in [5.74, 6) is 0. The zero-order chi connectivity index (χ0) is 33.1. The molecule has 0 saturated carbocycles. The quantitative estimate of drug-likeness (QED) is 0.163. The lowest BCUT2D eigenvalue weighted by Gasteiger charge is -2.22. The van der Waals surface area contributed by atoms with Crippen LogP contribution in [0.5, 0.6) is 0 Å². The number of hydrogen-bond donors (Lipinski definition) is 0. The minimum Gasteiger partial charge on any atom is -0.135 e. The van der Waals surface area contributed by atoms with Crippen LogP contribution in [0.25, 0.3) is 96.6 Å². The fourth-order valence-electron chi connectivity index (χ4n) is 9.08. The summed E-state index contributed by atoms with van der Waals surface area (Å²) >= 11 is 1.92. The van der Waals surface area contributed by atoms with Crippen LogP contribution in [-0.4, -0.2) is 0 Å². The molecule has 1 heteroatoms. The lowest BCUT2D eigenvalue weighted by atomic mass is 9.81. The van der Waals surface area contributed by atoms with Crippen LogP contribution in [0, 0.1) is 0 Å². The predicted molar refractivity (Wildman–Crippen MR) is 218 cm³/mol. The van der Waals surface area contributed by atoms with Gasteiger partial charge in [-0.1, -0.05) is 147 Å². The Morgan fingerprint density at radius 2 is 1.00 bits per heavy atom. The fraction of sp³-hybridized carbons (Fsp3) is 0.0612. The van der Waals surface area contributed by atoms with E-state index in [1.165, 1.54) is 108 Å². The molecule has 0 amide bonds. The highest BCUT2D eigenvalue weighted by atomic mass is 32.1. The smallest absolute Gasteiger partial charge is 0.0433 e. The van der Waals surface area contributed by atoms with Gasteiger partial charge >= 0.3 is 0 Å². The second-order valence-electron chi connectivity index (χ2n) is 14.4. The van der Waals surface area contributed by atoms with Crippen LogP contribution >= 0.6 is 11.3 Å². The Labute approximate surface area is 294 Å². The van der Waals surface area contributed by atoms with E-state index in [1.807, 2.05) is 11.3 Å². The van der Waals surface area contributed by atoms with E-state index < -0.39 is 0 Å². The zero-order valence-corrected chi connectivity index (χ0v) is 28.7. The number of benzene rings is 9. The maximum absolute atomic E-state index is 2.51. The highest BCUT2D eigenvalue weighted by Gasteiger charge is 2.36. The molecule has 0 fully saturated rings. The standard InChI is InChI=1S/C49H32S/c1-49(2)43-25-23-31(27-41(43)42-26-30-22-24-39-33-15-9-10-21-45(33)50-48(39)40(30)28-44(42)49)46-35-16-5-7-18-37(35)47(38-19-8-6-17-36(38)46)34-20-11-13-29-12-3-4-14-32(29)34/h3-28H,1-2H3. The molecule has 1 aromatic heterocycles. The molecule has 0 bridgehead atoms. The van der Waals surface area contributed by atoms with Gasteiger partial charge < -0.3 is 0 Å². The third-order valence-electron chi connectivity index (χ3n) is 11.4. The van der Waals surface area contributed by atoms with Gasteiger partial charge in [0.05, 0.1) is 0 Å². The Kier molecular flexibility index (Phi) is 5.70. The van der Waals surface area contributed by atoms with Gasteiger partial charge in [-0.2, -0.15) is 0 Å². The van der Waals surface area contributed by atoms with E-state index in [1.54, 1.807) is 0 Å². The van der Waals surface area contributed by atoms with Gasteiger partial charge in [0.1, 0.15) is 0 Å². The maximum Gasteiger partial charge on any atom is 0.0433 e.